The Kier molecular flexibility index (Phi) is 5.72. The van der Waals surface area contributed by atoms with Crippen LogP contribution in [0, 0.1) is 0 Å². The highest BCUT2D eigenvalue weighted by atomic mass is 16.5. The molecular weight excluding hydrogens is 352 g/mol. The molecule has 0 saturated carbocycles. The van der Waals surface area contributed by atoms with Crippen LogP contribution in [0.25, 0.3) is 0 Å². The molecule has 0 aliphatic carbocycles. The summed E-state index contributed by atoms with van der Waals surface area (Å²) in [6.07, 6.45) is 10.3. The second kappa shape index (κ2) is 8.75. The molecule has 7 heteroatoms. The zero-order valence-electron chi connectivity index (χ0n) is 16.0. The van der Waals surface area contributed by atoms with Crippen LogP contribution in [0.4, 0.5) is 11.6 Å². The van der Waals surface area contributed by atoms with Gasteiger partial charge >= 0.3 is 0 Å². The third kappa shape index (κ3) is 4.43. The van der Waals surface area contributed by atoms with Crippen molar-refractivity contribution in [3.8, 4) is 5.75 Å². The van der Waals surface area contributed by atoms with Gasteiger partial charge in [-0.3, -0.25) is 4.90 Å². The monoisotopic (exact) mass is 376 g/mol. The average molecular weight is 376 g/mol. The normalized spacial score (nSPS) is 17.2. The van der Waals surface area contributed by atoms with E-state index in [1.165, 1.54) is 24.7 Å². The molecule has 1 N–H and O–H groups in total. The molecule has 1 aliphatic rings. The highest BCUT2D eigenvalue weighted by Crippen LogP contribution is 2.31. The fourth-order valence-electron chi connectivity index (χ4n) is 3.59. The van der Waals surface area contributed by atoms with Crippen molar-refractivity contribution in [2.45, 2.75) is 31.8 Å². The summed E-state index contributed by atoms with van der Waals surface area (Å²) in [7, 11) is 1.69. The lowest BCUT2D eigenvalue weighted by Gasteiger charge is -2.35. The van der Waals surface area contributed by atoms with Crippen LogP contribution in [0.2, 0.25) is 0 Å². The molecule has 0 unspecified atom stereocenters. The maximum absolute atomic E-state index is 5.27. The maximum atomic E-state index is 5.27. The summed E-state index contributed by atoms with van der Waals surface area (Å²) in [6, 6.07) is 10.6. The first kappa shape index (κ1) is 18.3. The molecule has 3 heterocycles. The van der Waals surface area contributed by atoms with E-state index in [4.69, 9.17) is 9.72 Å². The Bertz CT molecular complexity index is 887. The van der Waals surface area contributed by atoms with Crippen LogP contribution >= 0.6 is 0 Å². The molecule has 4 rings (SSSR count). The Labute approximate surface area is 164 Å². The van der Waals surface area contributed by atoms with E-state index in [1.54, 1.807) is 19.5 Å². The molecule has 1 saturated heterocycles. The van der Waals surface area contributed by atoms with Gasteiger partial charge in [0.1, 0.15) is 12.1 Å². The third-order valence-electron chi connectivity index (χ3n) is 4.99. The Morgan fingerprint density at radius 1 is 1.11 bits per heavy atom. The number of aromatic nitrogens is 4. The Balaban J connectivity index is 1.51. The van der Waals surface area contributed by atoms with Crippen LogP contribution in [0.3, 0.4) is 0 Å². The van der Waals surface area contributed by atoms with Gasteiger partial charge in [0.2, 0.25) is 5.95 Å². The van der Waals surface area contributed by atoms with E-state index in [0.717, 1.165) is 36.6 Å². The quantitative estimate of drug-likeness (QED) is 0.702. The number of ether oxygens (including phenoxy) is 1. The van der Waals surface area contributed by atoms with Crippen LogP contribution in [0.1, 0.15) is 36.6 Å². The van der Waals surface area contributed by atoms with Crippen molar-refractivity contribution in [2.24, 2.45) is 0 Å². The van der Waals surface area contributed by atoms with Crippen molar-refractivity contribution >= 4 is 11.6 Å². The summed E-state index contributed by atoms with van der Waals surface area (Å²) in [5.41, 5.74) is 3.10. The average Bonchev–Trinajstić information content (AvgIpc) is 2.76. The summed E-state index contributed by atoms with van der Waals surface area (Å²) in [4.78, 5) is 19.7. The Morgan fingerprint density at radius 2 is 1.93 bits per heavy atom. The molecule has 0 radical (unpaired) electrons. The number of methoxy groups -OCH3 is 1. The van der Waals surface area contributed by atoms with Crippen molar-refractivity contribution in [2.75, 3.05) is 19.0 Å². The minimum Gasteiger partial charge on any atom is -0.497 e. The first-order chi connectivity index (χ1) is 13.8. The van der Waals surface area contributed by atoms with Gasteiger partial charge in [-0.25, -0.2) is 19.9 Å². The standard InChI is InChI=1S/C21H24N6O/c1-28-18-7-5-16(6-8-18)14-27-11-3-2-4-20(27)19-9-10-24-21(26-19)25-17-12-22-15-23-13-17/h5-10,12-13,15,20H,2-4,11,14H2,1H3,(H,24,25,26)/t20-/m0/s1. The lowest BCUT2D eigenvalue weighted by Crippen LogP contribution is -2.33. The zero-order valence-corrected chi connectivity index (χ0v) is 16.0. The van der Waals surface area contributed by atoms with Crippen molar-refractivity contribution in [3.05, 3.63) is 66.5 Å². The number of benzene rings is 1. The molecule has 1 aromatic carbocycles. The summed E-state index contributed by atoms with van der Waals surface area (Å²) < 4.78 is 5.27. The van der Waals surface area contributed by atoms with Crippen LogP contribution in [0.5, 0.6) is 5.75 Å². The van der Waals surface area contributed by atoms with E-state index in [9.17, 15) is 0 Å². The fraction of sp³-hybridized carbons (Fsp3) is 0.333. The molecule has 1 atom stereocenters. The van der Waals surface area contributed by atoms with E-state index >= 15 is 0 Å². The van der Waals surface area contributed by atoms with Crippen LogP contribution in [-0.4, -0.2) is 38.5 Å². The number of piperidine rings is 1. The lowest BCUT2D eigenvalue weighted by molar-refractivity contribution is 0.137. The second-order valence-corrected chi connectivity index (χ2v) is 6.89. The SMILES string of the molecule is COc1ccc(CN2CCCC[C@H]2c2ccnc(Nc3cncnc3)n2)cc1. The van der Waals surface area contributed by atoms with E-state index in [0.29, 0.717) is 5.95 Å². The lowest BCUT2D eigenvalue weighted by atomic mass is 9.98. The van der Waals surface area contributed by atoms with Gasteiger partial charge in [-0.15, -0.1) is 0 Å². The number of anilines is 2. The van der Waals surface area contributed by atoms with Crippen molar-refractivity contribution in [1.82, 2.24) is 24.8 Å². The number of hydrogen-bond donors (Lipinski definition) is 1. The van der Waals surface area contributed by atoms with Crippen molar-refractivity contribution in [1.29, 1.82) is 0 Å². The topological polar surface area (TPSA) is 76.1 Å². The van der Waals surface area contributed by atoms with Gasteiger partial charge in [0, 0.05) is 12.7 Å². The number of nitrogens with one attached hydrogen (secondary N) is 1. The predicted molar refractivity (Wildman–Crippen MR) is 107 cm³/mol. The second-order valence-electron chi connectivity index (χ2n) is 6.89. The highest BCUT2D eigenvalue weighted by molar-refractivity contribution is 5.49. The number of rotatable bonds is 6. The van der Waals surface area contributed by atoms with Crippen molar-refractivity contribution in [3.63, 3.8) is 0 Å². The van der Waals surface area contributed by atoms with Gasteiger partial charge < -0.3 is 10.1 Å². The van der Waals surface area contributed by atoms with Gasteiger partial charge in [-0.2, -0.15) is 0 Å². The summed E-state index contributed by atoms with van der Waals surface area (Å²) in [5.74, 6) is 1.46. The summed E-state index contributed by atoms with van der Waals surface area (Å²) in [5, 5.41) is 3.18. The molecule has 0 bridgehead atoms. The molecule has 7 nitrogen and oxygen atoms in total. The molecule has 2 aromatic heterocycles. The molecule has 0 spiro atoms. The van der Waals surface area contributed by atoms with Crippen LogP contribution < -0.4 is 10.1 Å². The molecule has 1 aliphatic heterocycles. The first-order valence-electron chi connectivity index (χ1n) is 9.54. The van der Waals surface area contributed by atoms with Crippen LogP contribution in [-0.2, 0) is 6.54 Å². The highest BCUT2D eigenvalue weighted by Gasteiger charge is 2.25. The molecule has 28 heavy (non-hydrogen) atoms. The largest absolute Gasteiger partial charge is 0.497 e. The van der Waals surface area contributed by atoms with E-state index in [2.05, 4.69) is 37.3 Å². The fourth-order valence-corrected chi connectivity index (χ4v) is 3.59. The Hall–Kier alpha value is -3.06. The smallest absolute Gasteiger partial charge is 0.227 e. The molecule has 144 valence electrons. The molecule has 0 amide bonds. The number of hydrogen-bond acceptors (Lipinski definition) is 7. The molecule has 3 aromatic rings. The summed E-state index contributed by atoms with van der Waals surface area (Å²) in [6.45, 7) is 1.96. The number of likely N-dealkylation sites (tertiary alicyclic amines) is 1. The van der Waals surface area contributed by atoms with Gasteiger partial charge in [0.25, 0.3) is 0 Å². The van der Waals surface area contributed by atoms with Crippen molar-refractivity contribution < 1.29 is 4.74 Å². The van der Waals surface area contributed by atoms with E-state index < -0.39 is 0 Å². The minimum atomic E-state index is 0.284. The maximum Gasteiger partial charge on any atom is 0.227 e. The molecular formula is C21H24N6O. The Morgan fingerprint density at radius 3 is 2.71 bits per heavy atom. The first-order valence-corrected chi connectivity index (χ1v) is 9.54. The zero-order chi connectivity index (χ0) is 19.2. The molecule has 1 fully saturated rings. The van der Waals surface area contributed by atoms with E-state index in [-0.39, 0.29) is 6.04 Å². The van der Waals surface area contributed by atoms with Gasteiger partial charge in [-0.05, 0) is 43.1 Å². The van der Waals surface area contributed by atoms with Gasteiger partial charge in [-0.1, -0.05) is 18.6 Å². The minimum absolute atomic E-state index is 0.284. The van der Waals surface area contributed by atoms with Crippen LogP contribution in [0.15, 0.2) is 55.2 Å². The summed E-state index contributed by atoms with van der Waals surface area (Å²) >= 11 is 0. The van der Waals surface area contributed by atoms with Gasteiger partial charge in [0.15, 0.2) is 0 Å². The van der Waals surface area contributed by atoms with Gasteiger partial charge in [0.05, 0.1) is 36.9 Å². The predicted octanol–water partition coefficient (Wildman–Crippen LogP) is 3.75. The number of nitrogens with zero attached hydrogens (tertiary/aromatic N) is 5. The van der Waals surface area contributed by atoms with E-state index in [1.807, 2.05) is 24.4 Å². The third-order valence-corrected chi connectivity index (χ3v) is 4.99.